The highest BCUT2D eigenvalue weighted by Gasteiger charge is 2.30. The van der Waals surface area contributed by atoms with Gasteiger partial charge in [-0.3, -0.25) is 0 Å². The van der Waals surface area contributed by atoms with Crippen LogP contribution in [-0.4, -0.2) is 11.0 Å². The summed E-state index contributed by atoms with van der Waals surface area (Å²) in [5, 5.41) is 5.71. The van der Waals surface area contributed by atoms with Gasteiger partial charge in [0.25, 0.3) is 0 Å². The van der Waals surface area contributed by atoms with E-state index in [9.17, 15) is 0 Å². The number of benzene rings is 1. The van der Waals surface area contributed by atoms with Crippen LogP contribution in [0.4, 0.5) is 0 Å². The third-order valence-electron chi connectivity index (χ3n) is 4.11. The molecule has 1 saturated carbocycles. The molecule has 0 bridgehead atoms. The topological polar surface area (TPSA) is 24.9 Å². The van der Waals surface area contributed by atoms with Gasteiger partial charge in [0.1, 0.15) is 5.01 Å². The highest BCUT2D eigenvalue weighted by molar-refractivity contribution is 9.10. The lowest BCUT2D eigenvalue weighted by Gasteiger charge is -2.18. The van der Waals surface area contributed by atoms with E-state index < -0.39 is 0 Å². The van der Waals surface area contributed by atoms with Crippen LogP contribution in [-0.2, 0) is 12.8 Å². The van der Waals surface area contributed by atoms with E-state index in [0.717, 1.165) is 15.9 Å². The SMILES string of the molecule is Clc1ccc(Br)c(C(NC2CC2)c2nc3c(s2)CCC3)c1. The van der Waals surface area contributed by atoms with Crippen molar-refractivity contribution >= 4 is 38.9 Å². The molecule has 21 heavy (non-hydrogen) atoms. The number of hydrogen-bond acceptors (Lipinski definition) is 3. The summed E-state index contributed by atoms with van der Waals surface area (Å²) in [7, 11) is 0. The van der Waals surface area contributed by atoms with Crippen molar-refractivity contribution in [2.45, 2.75) is 44.2 Å². The Labute approximate surface area is 142 Å². The lowest BCUT2D eigenvalue weighted by Crippen LogP contribution is -2.24. The molecule has 2 aliphatic rings. The predicted octanol–water partition coefficient (Wildman–Crippen LogP) is 4.89. The van der Waals surface area contributed by atoms with Crippen LogP contribution in [0.1, 0.15) is 46.4 Å². The Morgan fingerprint density at radius 2 is 2.19 bits per heavy atom. The number of fused-ring (bicyclic) bond motifs is 1. The molecule has 2 aromatic rings. The normalized spacial score (nSPS) is 18.8. The molecule has 0 spiro atoms. The van der Waals surface area contributed by atoms with Crippen LogP contribution in [0, 0.1) is 0 Å². The maximum atomic E-state index is 6.21. The maximum Gasteiger partial charge on any atom is 0.115 e. The van der Waals surface area contributed by atoms with E-state index in [-0.39, 0.29) is 6.04 Å². The molecule has 1 aromatic carbocycles. The zero-order valence-corrected chi connectivity index (χ0v) is 14.7. The number of thiazole rings is 1. The molecule has 0 amide bonds. The van der Waals surface area contributed by atoms with Gasteiger partial charge in [-0.15, -0.1) is 11.3 Å². The minimum atomic E-state index is 0.154. The molecule has 0 saturated heterocycles. The van der Waals surface area contributed by atoms with Crippen LogP contribution in [0.5, 0.6) is 0 Å². The second-order valence-corrected chi connectivity index (χ2v) is 8.22. The van der Waals surface area contributed by atoms with Crippen molar-refractivity contribution in [3.05, 3.63) is 48.8 Å². The van der Waals surface area contributed by atoms with E-state index in [1.165, 1.54) is 46.8 Å². The number of nitrogens with zero attached hydrogens (tertiary/aromatic N) is 1. The molecule has 5 heteroatoms. The highest BCUT2D eigenvalue weighted by atomic mass is 79.9. The fourth-order valence-electron chi connectivity index (χ4n) is 2.85. The molecule has 0 radical (unpaired) electrons. The molecule has 1 atom stereocenters. The second-order valence-electron chi connectivity index (χ2n) is 5.82. The van der Waals surface area contributed by atoms with Gasteiger partial charge < -0.3 is 5.32 Å². The van der Waals surface area contributed by atoms with Gasteiger partial charge in [-0.1, -0.05) is 27.5 Å². The number of aromatic nitrogens is 1. The summed E-state index contributed by atoms with van der Waals surface area (Å²) in [4.78, 5) is 6.39. The molecule has 0 aliphatic heterocycles. The standard InChI is InChI=1S/C16H16BrClN2S/c17-12-7-4-9(18)8-11(12)15(19-10-5-6-10)16-20-13-2-1-3-14(13)21-16/h4,7-8,10,15,19H,1-3,5-6H2. The summed E-state index contributed by atoms with van der Waals surface area (Å²) in [5.74, 6) is 0. The van der Waals surface area contributed by atoms with E-state index in [4.69, 9.17) is 16.6 Å². The first-order chi connectivity index (χ1) is 10.2. The van der Waals surface area contributed by atoms with Crippen LogP contribution in [0.25, 0.3) is 0 Å². The molecule has 1 unspecified atom stereocenters. The smallest absolute Gasteiger partial charge is 0.115 e. The van der Waals surface area contributed by atoms with Gasteiger partial charge >= 0.3 is 0 Å². The van der Waals surface area contributed by atoms with Gasteiger partial charge in [-0.2, -0.15) is 0 Å². The molecule has 2 aliphatic carbocycles. The Balaban J connectivity index is 1.74. The molecule has 1 aromatic heterocycles. The highest BCUT2D eigenvalue weighted by Crippen LogP contribution is 2.38. The lowest BCUT2D eigenvalue weighted by atomic mass is 10.1. The molecular formula is C16H16BrClN2S. The minimum Gasteiger partial charge on any atom is -0.301 e. The molecular weight excluding hydrogens is 368 g/mol. The average Bonchev–Trinajstić information content (AvgIpc) is 3.02. The molecule has 1 N–H and O–H groups in total. The van der Waals surface area contributed by atoms with Crippen LogP contribution in [0.3, 0.4) is 0 Å². The summed E-state index contributed by atoms with van der Waals surface area (Å²) in [6, 6.07) is 6.78. The Kier molecular flexibility index (Phi) is 3.82. The number of halogens is 2. The molecule has 110 valence electrons. The van der Waals surface area contributed by atoms with E-state index in [1.807, 2.05) is 23.5 Å². The van der Waals surface area contributed by atoms with Gasteiger partial charge in [0.2, 0.25) is 0 Å². The monoisotopic (exact) mass is 382 g/mol. The van der Waals surface area contributed by atoms with Crippen molar-refractivity contribution in [3.63, 3.8) is 0 Å². The fraction of sp³-hybridized carbons (Fsp3) is 0.438. The fourth-order valence-corrected chi connectivity index (χ4v) is 4.74. The number of nitrogens with one attached hydrogen (secondary N) is 1. The molecule has 1 fully saturated rings. The third-order valence-corrected chi connectivity index (χ3v) is 6.29. The number of rotatable bonds is 4. The Bertz CT molecular complexity index is 659. The first kappa shape index (κ1) is 14.2. The van der Waals surface area contributed by atoms with Gasteiger partial charge in [-0.05, 0) is 55.9 Å². The zero-order chi connectivity index (χ0) is 14.4. The summed E-state index contributed by atoms with van der Waals surface area (Å²) >= 11 is 11.8. The van der Waals surface area contributed by atoms with Gasteiger partial charge in [0.05, 0.1) is 11.7 Å². The number of aryl methyl sites for hydroxylation is 2. The van der Waals surface area contributed by atoms with Gasteiger partial charge in [-0.25, -0.2) is 4.98 Å². The third kappa shape index (κ3) is 2.91. The quantitative estimate of drug-likeness (QED) is 0.813. The second kappa shape index (κ2) is 5.65. The molecule has 1 heterocycles. The van der Waals surface area contributed by atoms with Crippen molar-refractivity contribution in [2.24, 2.45) is 0 Å². The van der Waals surface area contributed by atoms with Crippen LogP contribution in [0.2, 0.25) is 5.02 Å². The molecule has 2 nitrogen and oxygen atoms in total. The van der Waals surface area contributed by atoms with E-state index in [2.05, 4.69) is 27.3 Å². The predicted molar refractivity (Wildman–Crippen MR) is 91.3 cm³/mol. The van der Waals surface area contributed by atoms with Gasteiger partial charge in [0.15, 0.2) is 0 Å². The summed E-state index contributed by atoms with van der Waals surface area (Å²) < 4.78 is 1.10. The zero-order valence-electron chi connectivity index (χ0n) is 11.5. The van der Waals surface area contributed by atoms with Crippen molar-refractivity contribution in [3.8, 4) is 0 Å². The van der Waals surface area contributed by atoms with Crippen molar-refractivity contribution in [2.75, 3.05) is 0 Å². The largest absolute Gasteiger partial charge is 0.301 e. The number of hydrogen-bond donors (Lipinski definition) is 1. The maximum absolute atomic E-state index is 6.21. The summed E-state index contributed by atoms with van der Waals surface area (Å²) in [6.07, 6.45) is 6.12. The van der Waals surface area contributed by atoms with E-state index in [1.54, 1.807) is 0 Å². The van der Waals surface area contributed by atoms with Gasteiger partial charge in [0, 0.05) is 20.4 Å². The molecule has 4 rings (SSSR count). The van der Waals surface area contributed by atoms with Crippen LogP contribution < -0.4 is 5.32 Å². The van der Waals surface area contributed by atoms with E-state index >= 15 is 0 Å². The average molecular weight is 384 g/mol. The minimum absolute atomic E-state index is 0.154. The first-order valence-corrected chi connectivity index (χ1v) is 9.39. The summed E-state index contributed by atoms with van der Waals surface area (Å²) in [5.41, 5.74) is 2.51. The lowest BCUT2D eigenvalue weighted by molar-refractivity contribution is 0.595. The van der Waals surface area contributed by atoms with E-state index in [0.29, 0.717) is 6.04 Å². The summed E-state index contributed by atoms with van der Waals surface area (Å²) in [6.45, 7) is 0. The Morgan fingerprint density at radius 1 is 1.33 bits per heavy atom. The first-order valence-electron chi connectivity index (χ1n) is 7.40. The van der Waals surface area contributed by atoms with Crippen LogP contribution in [0.15, 0.2) is 22.7 Å². The Morgan fingerprint density at radius 3 is 2.95 bits per heavy atom. The van der Waals surface area contributed by atoms with Crippen molar-refractivity contribution in [1.29, 1.82) is 0 Å². The Hall–Kier alpha value is -0.420. The van der Waals surface area contributed by atoms with Crippen LogP contribution >= 0.6 is 38.9 Å². The van der Waals surface area contributed by atoms with Crippen molar-refractivity contribution in [1.82, 2.24) is 10.3 Å². The van der Waals surface area contributed by atoms with Crippen molar-refractivity contribution < 1.29 is 0 Å².